The average Bonchev–Trinajstić information content (AvgIpc) is 3.04. The number of piperazine rings is 2. The van der Waals surface area contributed by atoms with Gasteiger partial charge in [-0.05, 0) is 22.6 Å². The van der Waals surface area contributed by atoms with Crippen LogP contribution < -0.4 is 10.6 Å². The zero-order valence-electron chi connectivity index (χ0n) is 24.2. The Bertz CT molecular complexity index is 1530. The van der Waals surface area contributed by atoms with Gasteiger partial charge in [-0.25, -0.2) is 0 Å². The smallest absolute Gasteiger partial charge is 0.243 e. The first-order chi connectivity index (χ1) is 21.1. The maximum Gasteiger partial charge on any atom is 0.243 e. The summed E-state index contributed by atoms with van der Waals surface area (Å²) >= 11 is 0. The molecule has 6 rings (SSSR count). The third-order valence-corrected chi connectivity index (χ3v) is 8.46. The normalized spacial score (nSPS) is 18.0. The van der Waals surface area contributed by atoms with Gasteiger partial charge in [0.1, 0.15) is 6.04 Å². The van der Waals surface area contributed by atoms with Crippen molar-refractivity contribution in [2.45, 2.75) is 18.5 Å². The lowest BCUT2D eigenvalue weighted by Crippen LogP contribution is -2.60. The summed E-state index contributed by atoms with van der Waals surface area (Å²) < 4.78 is 0. The number of anilines is 1. The van der Waals surface area contributed by atoms with Gasteiger partial charge in [-0.2, -0.15) is 0 Å². The van der Waals surface area contributed by atoms with Crippen LogP contribution >= 0.6 is 0 Å². The number of carbonyl (C=O) groups excluding carboxylic acids is 3. The molecular formula is C35H37N5O3. The van der Waals surface area contributed by atoms with Crippen LogP contribution in [-0.2, 0) is 14.4 Å². The molecule has 2 aliphatic rings. The summed E-state index contributed by atoms with van der Waals surface area (Å²) in [5, 5.41) is 7.75. The molecular weight excluding hydrogens is 538 g/mol. The van der Waals surface area contributed by atoms with Crippen molar-refractivity contribution in [2.24, 2.45) is 0 Å². The summed E-state index contributed by atoms with van der Waals surface area (Å²) in [6.07, 6.45) is -0.0929. The Balaban J connectivity index is 1.08. The molecule has 0 aromatic heterocycles. The van der Waals surface area contributed by atoms with Gasteiger partial charge in [0, 0.05) is 50.3 Å². The Morgan fingerprint density at radius 2 is 1.40 bits per heavy atom. The molecule has 0 radical (unpaired) electrons. The van der Waals surface area contributed by atoms with E-state index >= 15 is 0 Å². The summed E-state index contributed by atoms with van der Waals surface area (Å²) in [5.41, 5.74) is 3.20. The minimum Gasteiger partial charge on any atom is -0.353 e. The van der Waals surface area contributed by atoms with Crippen LogP contribution in [-0.4, -0.2) is 84.3 Å². The highest BCUT2D eigenvalue weighted by atomic mass is 16.2. The molecule has 8 heteroatoms. The Labute approximate surface area is 252 Å². The molecule has 0 bridgehead atoms. The predicted octanol–water partition coefficient (Wildman–Crippen LogP) is 3.90. The van der Waals surface area contributed by atoms with Gasteiger partial charge in [-0.3, -0.25) is 24.2 Å². The fourth-order valence-corrected chi connectivity index (χ4v) is 6.27. The molecule has 0 saturated carbocycles. The summed E-state index contributed by atoms with van der Waals surface area (Å²) in [4.78, 5) is 45.8. The number of carbonyl (C=O) groups is 3. The van der Waals surface area contributed by atoms with Gasteiger partial charge in [0.2, 0.25) is 17.7 Å². The molecule has 43 heavy (non-hydrogen) atoms. The molecule has 0 unspecified atom stereocenters. The summed E-state index contributed by atoms with van der Waals surface area (Å²) in [6.45, 7) is 4.13. The number of benzene rings is 4. The second kappa shape index (κ2) is 13.2. The van der Waals surface area contributed by atoms with Crippen molar-refractivity contribution in [1.82, 2.24) is 20.0 Å². The van der Waals surface area contributed by atoms with Crippen molar-refractivity contribution in [1.29, 1.82) is 0 Å². The highest BCUT2D eigenvalue weighted by Crippen LogP contribution is 2.29. The second-order valence-corrected chi connectivity index (χ2v) is 11.2. The Hall–Kier alpha value is -4.53. The van der Waals surface area contributed by atoms with E-state index < -0.39 is 6.04 Å². The number of fused-ring (bicyclic) bond motifs is 1. The number of nitrogens with zero attached hydrogens (tertiary/aromatic N) is 3. The standard InChI is InChI=1S/C35H37N5O3/c41-32(37-30-17-9-15-26-10-7-8-16-29(26)30)24-31-35(43)36-18-19-40(31)33(42)25-38-20-22-39(23-21-38)34(27-11-3-1-4-12-27)28-13-5-2-6-14-28/h1-17,31,34H,18-25H2,(H,36,43)(H,37,41)/t31-/m1/s1. The minimum absolute atomic E-state index is 0.0929. The minimum atomic E-state index is -0.835. The van der Waals surface area contributed by atoms with Crippen molar-refractivity contribution in [2.75, 3.05) is 51.1 Å². The number of amides is 3. The summed E-state index contributed by atoms with van der Waals surface area (Å²) in [7, 11) is 0. The number of nitrogens with one attached hydrogen (secondary N) is 2. The largest absolute Gasteiger partial charge is 0.353 e. The lowest BCUT2D eigenvalue weighted by atomic mass is 9.96. The van der Waals surface area contributed by atoms with Crippen molar-refractivity contribution in [3.8, 4) is 0 Å². The quantitative estimate of drug-likeness (QED) is 0.333. The van der Waals surface area contributed by atoms with Crippen LogP contribution in [0.4, 0.5) is 5.69 Å². The van der Waals surface area contributed by atoms with Gasteiger partial charge in [-0.15, -0.1) is 0 Å². The molecule has 0 aliphatic carbocycles. The third-order valence-electron chi connectivity index (χ3n) is 8.46. The molecule has 2 fully saturated rings. The van der Waals surface area contributed by atoms with E-state index in [9.17, 15) is 14.4 Å². The average molecular weight is 576 g/mol. The van der Waals surface area contributed by atoms with Crippen LogP contribution in [0.25, 0.3) is 10.8 Å². The predicted molar refractivity (Wildman–Crippen MR) is 168 cm³/mol. The van der Waals surface area contributed by atoms with Crippen LogP contribution in [0.5, 0.6) is 0 Å². The maximum atomic E-state index is 13.6. The van der Waals surface area contributed by atoms with Crippen LogP contribution in [0.2, 0.25) is 0 Å². The Morgan fingerprint density at radius 3 is 2.09 bits per heavy atom. The van der Waals surface area contributed by atoms with Crippen LogP contribution in [0.1, 0.15) is 23.6 Å². The maximum absolute atomic E-state index is 13.6. The fraction of sp³-hybridized carbons (Fsp3) is 0.286. The van der Waals surface area contributed by atoms with Crippen molar-refractivity contribution in [3.05, 3.63) is 114 Å². The molecule has 8 nitrogen and oxygen atoms in total. The SMILES string of the molecule is O=C(C[C@@H]1C(=O)NCCN1C(=O)CN1CCN(C(c2ccccc2)c2ccccc2)CC1)Nc1cccc2ccccc12. The van der Waals surface area contributed by atoms with E-state index in [0.29, 0.717) is 18.8 Å². The van der Waals surface area contributed by atoms with Crippen LogP contribution in [0.3, 0.4) is 0 Å². The lowest BCUT2D eigenvalue weighted by molar-refractivity contribution is -0.145. The molecule has 4 aromatic carbocycles. The van der Waals surface area contributed by atoms with Gasteiger partial charge in [-0.1, -0.05) is 97.1 Å². The van der Waals surface area contributed by atoms with Gasteiger partial charge in [0.05, 0.1) is 19.0 Å². The van der Waals surface area contributed by atoms with Crippen molar-refractivity contribution in [3.63, 3.8) is 0 Å². The molecule has 4 aromatic rings. The Morgan fingerprint density at radius 1 is 0.767 bits per heavy atom. The third kappa shape index (κ3) is 6.61. The van der Waals surface area contributed by atoms with Crippen molar-refractivity contribution >= 4 is 34.2 Å². The molecule has 2 N–H and O–H groups in total. The van der Waals surface area contributed by atoms with E-state index in [1.165, 1.54) is 11.1 Å². The van der Waals surface area contributed by atoms with E-state index in [1.54, 1.807) is 4.90 Å². The zero-order chi connectivity index (χ0) is 29.6. The second-order valence-electron chi connectivity index (χ2n) is 11.2. The van der Waals surface area contributed by atoms with Crippen LogP contribution in [0, 0.1) is 0 Å². The van der Waals surface area contributed by atoms with E-state index in [0.717, 1.165) is 37.0 Å². The van der Waals surface area contributed by atoms with Gasteiger partial charge in [0.15, 0.2) is 0 Å². The molecule has 220 valence electrons. The fourth-order valence-electron chi connectivity index (χ4n) is 6.27. The number of hydrogen-bond acceptors (Lipinski definition) is 5. The highest BCUT2D eigenvalue weighted by molar-refractivity contribution is 6.04. The summed E-state index contributed by atoms with van der Waals surface area (Å²) in [5.74, 6) is -0.697. The van der Waals surface area contributed by atoms with Gasteiger partial charge < -0.3 is 15.5 Å². The highest BCUT2D eigenvalue weighted by Gasteiger charge is 2.36. The van der Waals surface area contributed by atoms with Crippen molar-refractivity contribution < 1.29 is 14.4 Å². The first kappa shape index (κ1) is 28.6. The summed E-state index contributed by atoms with van der Waals surface area (Å²) in [6, 6.07) is 33.9. The van der Waals surface area contributed by atoms with E-state index in [4.69, 9.17) is 0 Å². The van der Waals surface area contributed by atoms with E-state index in [-0.39, 0.29) is 36.7 Å². The lowest BCUT2D eigenvalue weighted by Gasteiger charge is -2.41. The molecule has 0 spiro atoms. The number of rotatable bonds is 8. The van der Waals surface area contributed by atoms with E-state index in [1.807, 2.05) is 54.6 Å². The van der Waals surface area contributed by atoms with Crippen LogP contribution in [0.15, 0.2) is 103 Å². The monoisotopic (exact) mass is 575 g/mol. The molecule has 2 heterocycles. The first-order valence-electron chi connectivity index (χ1n) is 15.0. The van der Waals surface area contributed by atoms with Gasteiger partial charge in [0.25, 0.3) is 0 Å². The molecule has 2 saturated heterocycles. The first-order valence-corrected chi connectivity index (χ1v) is 15.0. The molecule has 3 amide bonds. The molecule has 1 atom stereocenters. The molecule has 2 aliphatic heterocycles. The topological polar surface area (TPSA) is 85.0 Å². The number of hydrogen-bond donors (Lipinski definition) is 2. The zero-order valence-corrected chi connectivity index (χ0v) is 24.2. The van der Waals surface area contributed by atoms with Gasteiger partial charge >= 0.3 is 0 Å². The van der Waals surface area contributed by atoms with E-state index in [2.05, 4.69) is 69.0 Å². The Kier molecular flexibility index (Phi) is 8.77.